The molecule has 0 saturated carbocycles. The molecule has 1 aliphatic rings. The van der Waals surface area contributed by atoms with Crippen LogP contribution < -0.4 is 5.32 Å². The van der Waals surface area contributed by atoms with Gasteiger partial charge in [0, 0.05) is 23.6 Å². The first-order valence-corrected chi connectivity index (χ1v) is 9.28. The summed E-state index contributed by atoms with van der Waals surface area (Å²) in [5.74, 6) is -1.25. The summed E-state index contributed by atoms with van der Waals surface area (Å²) in [5, 5.41) is 3.30. The van der Waals surface area contributed by atoms with E-state index < -0.39 is 11.6 Å². The zero-order valence-electron chi connectivity index (χ0n) is 16.5. The van der Waals surface area contributed by atoms with Crippen LogP contribution in [0.1, 0.15) is 56.4 Å². The summed E-state index contributed by atoms with van der Waals surface area (Å²) in [4.78, 5) is 40.0. The zero-order valence-corrected chi connectivity index (χ0v) is 16.5. The third-order valence-corrected chi connectivity index (χ3v) is 4.50. The third-order valence-electron chi connectivity index (χ3n) is 4.50. The number of rotatable bonds is 3. The van der Waals surface area contributed by atoms with Crippen molar-refractivity contribution in [2.24, 2.45) is 0 Å². The van der Waals surface area contributed by atoms with Crippen molar-refractivity contribution in [1.29, 1.82) is 0 Å². The molecule has 2 amide bonds. The lowest BCUT2D eigenvalue weighted by Gasteiger charge is -2.22. The fraction of sp³-hybridized carbons (Fsp3) is 0.364. The maximum absolute atomic E-state index is 12.2. The van der Waals surface area contributed by atoms with E-state index in [1.807, 2.05) is 52.0 Å². The van der Waals surface area contributed by atoms with E-state index in [2.05, 4.69) is 10.3 Å². The smallest absolute Gasteiger partial charge is 0.331 e. The number of nitrogens with zero attached hydrogens (tertiary/aromatic N) is 1. The highest BCUT2D eigenvalue weighted by Crippen LogP contribution is 2.29. The summed E-state index contributed by atoms with van der Waals surface area (Å²) in [5.41, 5.74) is 2.68. The summed E-state index contributed by atoms with van der Waals surface area (Å²) >= 11 is 0. The molecule has 28 heavy (non-hydrogen) atoms. The van der Waals surface area contributed by atoms with Gasteiger partial charge in [0.2, 0.25) is 11.8 Å². The molecule has 0 radical (unpaired) electrons. The topological polar surface area (TPSA) is 85.4 Å². The molecule has 6 heteroatoms. The molecule has 1 atom stereocenters. The molecule has 1 aromatic carbocycles. The lowest BCUT2D eigenvalue weighted by molar-refractivity contribution is -0.148. The Morgan fingerprint density at radius 1 is 1.25 bits per heavy atom. The Morgan fingerprint density at radius 2 is 2.00 bits per heavy atom. The quantitative estimate of drug-likeness (QED) is 0.501. The number of amides is 2. The number of benzene rings is 1. The fourth-order valence-electron chi connectivity index (χ4n) is 3.24. The summed E-state index contributed by atoms with van der Waals surface area (Å²) in [6.07, 6.45) is 3.92. The van der Waals surface area contributed by atoms with Crippen LogP contribution in [0.15, 0.2) is 30.3 Å². The lowest BCUT2D eigenvalue weighted by atomic mass is 9.89. The van der Waals surface area contributed by atoms with E-state index in [1.165, 1.54) is 6.08 Å². The van der Waals surface area contributed by atoms with Crippen molar-refractivity contribution in [1.82, 2.24) is 10.3 Å². The monoisotopic (exact) mass is 380 g/mol. The molecule has 0 spiro atoms. The van der Waals surface area contributed by atoms with E-state index in [0.717, 1.165) is 27.7 Å². The second kappa shape index (κ2) is 7.54. The number of piperidine rings is 1. The maximum atomic E-state index is 12.2. The largest absolute Gasteiger partial charge is 0.457 e. The van der Waals surface area contributed by atoms with E-state index in [9.17, 15) is 14.4 Å². The van der Waals surface area contributed by atoms with Gasteiger partial charge in [-0.3, -0.25) is 19.9 Å². The van der Waals surface area contributed by atoms with Gasteiger partial charge < -0.3 is 4.74 Å². The number of aromatic nitrogens is 1. The summed E-state index contributed by atoms with van der Waals surface area (Å²) < 4.78 is 5.26. The minimum absolute atomic E-state index is 0.228. The molecular weight excluding hydrogens is 356 g/mol. The molecule has 3 rings (SSSR count). The van der Waals surface area contributed by atoms with Gasteiger partial charge in [0.15, 0.2) is 0 Å². The highest BCUT2D eigenvalue weighted by Gasteiger charge is 2.29. The molecule has 146 valence electrons. The summed E-state index contributed by atoms with van der Waals surface area (Å²) in [7, 11) is 0. The number of carbonyl (C=O) groups is 3. The molecule has 0 bridgehead atoms. The van der Waals surface area contributed by atoms with Crippen LogP contribution in [0.2, 0.25) is 0 Å². The van der Waals surface area contributed by atoms with Gasteiger partial charge in [-0.1, -0.05) is 12.1 Å². The van der Waals surface area contributed by atoms with Gasteiger partial charge in [0.25, 0.3) is 0 Å². The van der Waals surface area contributed by atoms with Crippen molar-refractivity contribution >= 4 is 34.8 Å². The van der Waals surface area contributed by atoms with Crippen LogP contribution >= 0.6 is 0 Å². The molecule has 0 aliphatic carbocycles. The SMILES string of the molecule is Cc1nc2cc(/C=C/C(=O)OC(C)(C)C)ccc2cc1C1CCC(=O)NC1=O. The molecular formula is C22H24N2O4. The Hall–Kier alpha value is -3.02. The van der Waals surface area contributed by atoms with Crippen LogP contribution in [0, 0.1) is 6.92 Å². The molecule has 1 N–H and O–H groups in total. The van der Waals surface area contributed by atoms with Crippen molar-refractivity contribution in [3.63, 3.8) is 0 Å². The van der Waals surface area contributed by atoms with Crippen LogP contribution in [0.3, 0.4) is 0 Å². The van der Waals surface area contributed by atoms with Crippen LogP contribution in [-0.2, 0) is 19.1 Å². The number of carbonyl (C=O) groups excluding carboxylic acids is 3. The van der Waals surface area contributed by atoms with Crippen LogP contribution in [0.5, 0.6) is 0 Å². The number of fused-ring (bicyclic) bond motifs is 1. The minimum atomic E-state index is -0.532. The maximum Gasteiger partial charge on any atom is 0.331 e. The number of nitrogens with one attached hydrogen (secondary N) is 1. The highest BCUT2D eigenvalue weighted by atomic mass is 16.6. The standard InChI is InChI=1S/C22H24N2O4/c1-13-17(16-8-9-19(25)24-21(16)27)12-15-7-5-14(11-18(15)23-13)6-10-20(26)28-22(2,3)4/h5-7,10-12,16H,8-9H2,1-4H3,(H,24,25,27)/b10-6+. The Morgan fingerprint density at radius 3 is 2.68 bits per heavy atom. The molecule has 1 fully saturated rings. The Bertz CT molecular complexity index is 986. The van der Waals surface area contributed by atoms with Crippen molar-refractivity contribution in [2.45, 2.75) is 52.1 Å². The van der Waals surface area contributed by atoms with Gasteiger partial charge in [0.1, 0.15) is 5.60 Å². The molecule has 2 heterocycles. The molecule has 1 saturated heterocycles. The molecule has 1 aromatic heterocycles. The summed E-state index contributed by atoms with van der Waals surface area (Å²) in [6.45, 7) is 7.33. The predicted octanol–water partition coefficient (Wildman–Crippen LogP) is 3.42. The first kappa shape index (κ1) is 19.7. The van der Waals surface area contributed by atoms with E-state index in [-0.39, 0.29) is 17.7 Å². The van der Waals surface area contributed by atoms with Gasteiger partial charge in [0.05, 0.1) is 11.4 Å². The van der Waals surface area contributed by atoms with Crippen molar-refractivity contribution in [3.8, 4) is 0 Å². The third kappa shape index (κ3) is 4.63. The van der Waals surface area contributed by atoms with E-state index in [4.69, 9.17) is 4.74 Å². The van der Waals surface area contributed by atoms with Gasteiger partial charge in [-0.05, 0) is 63.5 Å². The lowest BCUT2D eigenvalue weighted by Crippen LogP contribution is -2.39. The predicted molar refractivity (Wildman–Crippen MR) is 106 cm³/mol. The number of hydrogen-bond acceptors (Lipinski definition) is 5. The molecule has 1 aliphatic heterocycles. The van der Waals surface area contributed by atoms with Gasteiger partial charge in [-0.25, -0.2) is 4.79 Å². The van der Waals surface area contributed by atoms with E-state index in [0.29, 0.717) is 12.8 Å². The van der Waals surface area contributed by atoms with E-state index in [1.54, 1.807) is 6.08 Å². The second-order valence-corrected chi connectivity index (χ2v) is 7.99. The Labute approximate surface area is 164 Å². The number of hydrogen-bond donors (Lipinski definition) is 1. The normalized spacial score (nSPS) is 17.8. The van der Waals surface area contributed by atoms with Crippen molar-refractivity contribution < 1.29 is 19.1 Å². The first-order valence-electron chi connectivity index (χ1n) is 9.28. The number of esters is 1. The van der Waals surface area contributed by atoms with Crippen LogP contribution in [0.4, 0.5) is 0 Å². The fourth-order valence-corrected chi connectivity index (χ4v) is 3.24. The second-order valence-electron chi connectivity index (χ2n) is 7.99. The van der Waals surface area contributed by atoms with Gasteiger partial charge in [-0.2, -0.15) is 0 Å². The van der Waals surface area contributed by atoms with E-state index >= 15 is 0 Å². The molecule has 6 nitrogen and oxygen atoms in total. The van der Waals surface area contributed by atoms with Crippen molar-refractivity contribution in [3.05, 3.63) is 47.2 Å². The molecule has 2 aromatic rings. The average molecular weight is 380 g/mol. The Kier molecular flexibility index (Phi) is 5.31. The molecule has 1 unspecified atom stereocenters. The number of ether oxygens (including phenoxy) is 1. The van der Waals surface area contributed by atoms with Crippen LogP contribution in [-0.4, -0.2) is 28.4 Å². The highest BCUT2D eigenvalue weighted by molar-refractivity contribution is 6.01. The van der Waals surface area contributed by atoms with Crippen LogP contribution in [0.25, 0.3) is 17.0 Å². The average Bonchev–Trinajstić information content (AvgIpc) is 2.58. The number of imide groups is 1. The Balaban J connectivity index is 1.85. The van der Waals surface area contributed by atoms with Gasteiger partial charge in [-0.15, -0.1) is 0 Å². The first-order chi connectivity index (χ1) is 13.1. The zero-order chi connectivity index (χ0) is 20.5. The van der Waals surface area contributed by atoms with Crippen molar-refractivity contribution in [2.75, 3.05) is 0 Å². The van der Waals surface area contributed by atoms with Gasteiger partial charge >= 0.3 is 5.97 Å². The number of aryl methyl sites for hydroxylation is 1. The minimum Gasteiger partial charge on any atom is -0.457 e. The summed E-state index contributed by atoms with van der Waals surface area (Å²) in [6, 6.07) is 7.64. The number of pyridine rings is 1.